The third kappa shape index (κ3) is 7.51. The number of nitrogens with zero attached hydrogens (tertiary/aromatic N) is 2. The van der Waals surface area contributed by atoms with Crippen LogP contribution in [0.4, 0.5) is 0 Å². The predicted molar refractivity (Wildman–Crippen MR) is 141 cm³/mol. The Balaban J connectivity index is 1.91. The number of hydrogen-bond acceptors (Lipinski definition) is 4. The Kier molecular flexibility index (Phi) is 10.3. The van der Waals surface area contributed by atoms with E-state index in [1.807, 2.05) is 24.3 Å². The highest BCUT2D eigenvalue weighted by atomic mass is 16.6. The molecule has 0 aliphatic heterocycles. The van der Waals surface area contributed by atoms with E-state index in [1.54, 1.807) is 0 Å². The van der Waals surface area contributed by atoms with Crippen molar-refractivity contribution in [3.05, 3.63) is 59.7 Å². The molecule has 0 bridgehead atoms. The van der Waals surface area contributed by atoms with Crippen molar-refractivity contribution in [2.24, 2.45) is 0 Å². The lowest BCUT2D eigenvalue weighted by molar-refractivity contribution is 0.122. The second-order valence-corrected chi connectivity index (χ2v) is 10.1. The van der Waals surface area contributed by atoms with Crippen molar-refractivity contribution < 1.29 is 9.31 Å². The van der Waals surface area contributed by atoms with Crippen molar-refractivity contribution in [3.63, 3.8) is 0 Å². The van der Waals surface area contributed by atoms with Gasteiger partial charge in [0.25, 0.3) is 0 Å². The van der Waals surface area contributed by atoms with Crippen LogP contribution >= 0.6 is 0 Å². The monoisotopic (exact) mass is 451 g/mol. The SMILES string of the molecule is CC(C)N(C(C)C)C(C)c1ccc(O[B]Oc2ccc(C(C)N(C(C)C)C(C)C)cc2)cc1. The van der Waals surface area contributed by atoms with Gasteiger partial charge in [-0.15, -0.1) is 0 Å². The topological polar surface area (TPSA) is 24.9 Å². The van der Waals surface area contributed by atoms with E-state index < -0.39 is 0 Å². The van der Waals surface area contributed by atoms with Crippen molar-refractivity contribution >= 4 is 7.69 Å². The van der Waals surface area contributed by atoms with Crippen molar-refractivity contribution in [2.45, 2.75) is 105 Å². The largest absolute Gasteiger partial charge is 0.658 e. The van der Waals surface area contributed by atoms with Gasteiger partial charge in [-0.05, 0) is 105 Å². The minimum absolute atomic E-state index is 0.350. The Hall–Kier alpha value is -1.98. The van der Waals surface area contributed by atoms with E-state index in [1.165, 1.54) is 18.8 Å². The lowest BCUT2D eigenvalue weighted by atomic mass is 10.0. The fourth-order valence-corrected chi connectivity index (χ4v) is 5.11. The standard InChI is InChI=1S/C28H44BN2O2/c1-19(2)30(20(3)4)23(9)25-11-15-27(16-12-25)32-29-33-28-17-13-26(14-18-28)24(10)31(21(5)6)22(7)8/h11-24H,1-10H3. The zero-order chi connectivity index (χ0) is 24.7. The highest BCUT2D eigenvalue weighted by Crippen LogP contribution is 2.28. The molecule has 5 heteroatoms. The molecule has 4 nitrogen and oxygen atoms in total. The molecule has 0 spiro atoms. The van der Waals surface area contributed by atoms with E-state index in [0.717, 1.165) is 11.5 Å². The van der Waals surface area contributed by atoms with E-state index >= 15 is 0 Å². The highest BCUT2D eigenvalue weighted by molar-refractivity contribution is 6.20. The number of rotatable bonds is 12. The molecule has 0 heterocycles. The molecule has 2 aromatic carbocycles. The molecule has 0 aliphatic rings. The van der Waals surface area contributed by atoms with Gasteiger partial charge in [0, 0.05) is 36.3 Å². The molecular weight excluding hydrogens is 407 g/mol. The minimum atomic E-state index is 0.350. The molecule has 0 aromatic heterocycles. The summed E-state index contributed by atoms with van der Waals surface area (Å²) in [4.78, 5) is 5.02. The highest BCUT2D eigenvalue weighted by Gasteiger charge is 2.22. The average Bonchev–Trinajstić information content (AvgIpc) is 2.73. The smallest absolute Gasteiger partial charge is 0.526 e. The summed E-state index contributed by atoms with van der Waals surface area (Å²) in [7, 11) is 1.40. The second kappa shape index (κ2) is 12.5. The molecule has 0 amide bonds. The number of benzene rings is 2. The summed E-state index contributed by atoms with van der Waals surface area (Å²) in [6, 6.07) is 19.2. The van der Waals surface area contributed by atoms with Gasteiger partial charge in [-0.3, -0.25) is 9.80 Å². The van der Waals surface area contributed by atoms with Crippen molar-refractivity contribution in [1.29, 1.82) is 0 Å². The maximum Gasteiger partial charge on any atom is 0.658 e. The molecule has 0 aliphatic carbocycles. The summed E-state index contributed by atoms with van der Waals surface area (Å²) in [6.45, 7) is 22.5. The van der Waals surface area contributed by atoms with Gasteiger partial charge in [0.15, 0.2) is 0 Å². The fraction of sp³-hybridized carbons (Fsp3) is 0.571. The first-order valence-electron chi connectivity index (χ1n) is 12.4. The molecule has 2 aromatic rings. The van der Waals surface area contributed by atoms with Gasteiger partial charge in [0.2, 0.25) is 0 Å². The first-order chi connectivity index (χ1) is 15.5. The van der Waals surface area contributed by atoms with Gasteiger partial charge < -0.3 is 9.31 Å². The molecule has 2 rings (SSSR count). The summed E-state index contributed by atoms with van der Waals surface area (Å²) >= 11 is 0. The normalized spacial score (nSPS) is 13.9. The van der Waals surface area contributed by atoms with Crippen LogP contribution in [0.5, 0.6) is 11.5 Å². The van der Waals surface area contributed by atoms with E-state index in [9.17, 15) is 0 Å². The van der Waals surface area contributed by atoms with Gasteiger partial charge in [-0.2, -0.15) is 0 Å². The van der Waals surface area contributed by atoms with Gasteiger partial charge in [0.05, 0.1) is 0 Å². The van der Waals surface area contributed by atoms with Gasteiger partial charge in [0.1, 0.15) is 11.5 Å². The minimum Gasteiger partial charge on any atom is -0.526 e. The quantitative estimate of drug-likeness (QED) is 0.323. The second-order valence-electron chi connectivity index (χ2n) is 10.1. The van der Waals surface area contributed by atoms with E-state index in [-0.39, 0.29) is 0 Å². The van der Waals surface area contributed by atoms with Crippen molar-refractivity contribution in [1.82, 2.24) is 9.80 Å². The zero-order valence-electron chi connectivity index (χ0n) is 22.4. The van der Waals surface area contributed by atoms with Crippen LogP contribution in [0.25, 0.3) is 0 Å². The summed E-state index contributed by atoms with van der Waals surface area (Å²) < 4.78 is 11.4. The van der Waals surface area contributed by atoms with Crippen LogP contribution in [0, 0.1) is 0 Å². The molecule has 0 saturated heterocycles. The Morgan fingerprint density at radius 2 is 0.758 bits per heavy atom. The van der Waals surface area contributed by atoms with Gasteiger partial charge in [-0.25, -0.2) is 0 Å². The van der Waals surface area contributed by atoms with Crippen LogP contribution < -0.4 is 9.31 Å². The van der Waals surface area contributed by atoms with Gasteiger partial charge in [-0.1, -0.05) is 24.3 Å². The average molecular weight is 451 g/mol. The molecule has 1 radical (unpaired) electrons. The number of hydrogen-bond donors (Lipinski definition) is 0. The van der Waals surface area contributed by atoms with E-state index in [0.29, 0.717) is 36.3 Å². The molecule has 2 unspecified atom stereocenters. The van der Waals surface area contributed by atoms with Crippen molar-refractivity contribution in [3.8, 4) is 11.5 Å². The Morgan fingerprint density at radius 3 is 1.00 bits per heavy atom. The molecule has 0 saturated carbocycles. The Bertz CT molecular complexity index is 733. The van der Waals surface area contributed by atoms with Crippen molar-refractivity contribution in [2.75, 3.05) is 0 Å². The molecule has 2 atom stereocenters. The summed E-state index contributed by atoms with van der Waals surface area (Å²) in [5.41, 5.74) is 2.57. The third-order valence-electron chi connectivity index (χ3n) is 6.37. The van der Waals surface area contributed by atoms with Crippen LogP contribution in [0.1, 0.15) is 92.4 Å². The maximum absolute atomic E-state index is 5.71. The maximum atomic E-state index is 5.71. The van der Waals surface area contributed by atoms with Crippen LogP contribution in [0.3, 0.4) is 0 Å². The lowest BCUT2D eigenvalue weighted by Gasteiger charge is -2.36. The first-order valence-corrected chi connectivity index (χ1v) is 12.4. The molecular formula is C28H44BN2O2. The zero-order valence-corrected chi connectivity index (χ0v) is 22.4. The summed E-state index contributed by atoms with van der Waals surface area (Å²) in [6.07, 6.45) is 0. The molecule has 0 N–H and O–H groups in total. The summed E-state index contributed by atoms with van der Waals surface area (Å²) in [5, 5.41) is 0. The molecule has 33 heavy (non-hydrogen) atoms. The molecule has 181 valence electrons. The van der Waals surface area contributed by atoms with Crippen LogP contribution in [0.2, 0.25) is 0 Å². The Morgan fingerprint density at radius 1 is 0.485 bits per heavy atom. The van der Waals surface area contributed by atoms with Gasteiger partial charge >= 0.3 is 7.69 Å². The predicted octanol–water partition coefficient (Wildman–Crippen LogP) is 7.04. The first kappa shape index (κ1) is 27.3. The van der Waals surface area contributed by atoms with E-state index in [2.05, 4.69) is 103 Å². The fourth-order valence-electron chi connectivity index (χ4n) is 5.11. The van der Waals surface area contributed by atoms with Crippen LogP contribution in [-0.2, 0) is 0 Å². The summed E-state index contributed by atoms with van der Waals surface area (Å²) in [5.74, 6) is 1.53. The lowest BCUT2D eigenvalue weighted by Crippen LogP contribution is -2.39. The third-order valence-corrected chi connectivity index (χ3v) is 6.37. The van der Waals surface area contributed by atoms with Crippen LogP contribution in [0.15, 0.2) is 48.5 Å². The Labute approximate surface area is 203 Å². The molecule has 0 fully saturated rings. The van der Waals surface area contributed by atoms with Crippen LogP contribution in [-0.4, -0.2) is 41.7 Å². The van der Waals surface area contributed by atoms with E-state index in [4.69, 9.17) is 9.31 Å².